The van der Waals surface area contributed by atoms with Gasteiger partial charge in [-0.3, -0.25) is 0 Å². The van der Waals surface area contributed by atoms with Crippen molar-refractivity contribution in [2.75, 3.05) is 13.1 Å². The summed E-state index contributed by atoms with van der Waals surface area (Å²) < 4.78 is 1.11. The van der Waals surface area contributed by atoms with Crippen molar-refractivity contribution in [3.05, 3.63) is 39.8 Å². The van der Waals surface area contributed by atoms with Crippen LogP contribution in [0.1, 0.15) is 18.5 Å². The van der Waals surface area contributed by atoms with Gasteiger partial charge in [0.1, 0.15) is 5.01 Å². The minimum atomic E-state index is 0.804. The topological polar surface area (TPSA) is 24.9 Å². The van der Waals surface area contributed by atoms with E-state index in [2.05, 4.69) is 44.8 Å². The fourth-order valence-electron chi connectivity index (χ4n) is 2.54. The molecule has 1 saturated heterocycles. The van der Waals surface area contributed by atoms with Crippen molar-refractivity contribution in [3.8, 4) is 10.6 Å². The predicted octanol–water partition coefficient (Wildman–Crippen LogP) is 4.11. The molecular formula is C15H17BrN2S. The quantitative estimate of drug-likeness (QED) is 0.912. The molecule has 0 radical (unpaired) electrons. The summed E-state index contributed by atoms with van der Waals surface area (Å²) in [5.74, 6) is 0.804. The number of aromatic nitrogens is 1. The van der Waals surface area contributed by atoms with E-state index in [9.17, 15) is 0 Å². The Morgan fingerprint density at radius 3 is 2.95 bits per heavy atom. The molecule has 2 aromatic rings. The molecular weight excluding hydrogens is 320 g/mol. The Morgan fingerprint density at radius 2 is 2.16 bits per heavy atom. The van der Waals surface area contributed by atoms with Crippen LogP contribution in [0, 0.1) is 5.92 Å². The average molecular weight is 337 g/mol. The molecule has 0 atom stereocenters. The number of rotatable bonds is 3. The van der Waals surface area contributed by atoms with Gasteiger partial charge in [-0.1, -0.05) is 28.1 Å². The van der Waals surface area contributed by atoms with Crippen molar-refractivity contribution < 1.29 is 0 Å². The Morgan fingerprint density at radius 1 is 1.32 bits per heavy atom. The molecule has 1 aromatic carbocycles. The van der Waals surface area contributed by atoms with Gasteiger partial charge in [0.15, 0.2) is 0 Å². The highest BCUT2D eigenvalue weighted by molar-refractivity contribution is 9.10. The van der Waals surface area contributed by atoms with E-state index in [-0.39, 0.29) is 0 Å². The van der Waals surface area contributed by atoms with Crippen LogP contribution in [0.2, 0.25) is 0 Å². The lowest BCUT2D eigenvalue weighted by atomic mass is 9.93. The first-order chi connectivity index (χ1) is 9.31. The van der Waals surface area contributed by atoms with Crippen molar-refractivity contribution in [1.29, 1.82) is 0 Å². The molecule has 0 unspecified atom stereocenters. The van der Waals surface area contributed by atoms with Crippen molar-refractivity contribution >= 4 is 27.3 Å². The van der Waals surface area contributed by atoms with Gasteiger partial charge in [0.25, 0.3) is 0 Å². The predicted molar refractivity (Wildman–Crippen MR) is 84.5 cm³/mol. The summed E-state index contributed by atoms with van der Waals surface area (Å²) >= 11 is 5.27. The maximum atomic E-state index is 4.79. The normalized spacial score (nSPS) is 16.7. The molecule has 0 spiro atoms. The smallest absolute Gasteiger partial charge is 0.123 e. The fourth-order valence-corrected chi connectivity index (χ4v) is 3.77. The molecule has 1 N–H and O–H groups in total. The van der Waals surface area contributed by atoms with E-state index in [4.69, 9.17) is 4.98 Å². The third-order valence-corrected chi connectivity index (χ3v) is 5.01. The molecule has 19 heavy (non-hydrogen) atoms. The lowest BCUT2D eigenvalue weighted by molar-refractivity contribution is 0.370. The van der Waals surface area contributed by atoms with E-state index in [0.29, 0.717) is 0 Å². The average Bonchev–Trinajstić information content (AvgIpc) is 2.88. The molecule has 0 amide bonds. The number of piperidine rings is 1. The Balaban J connectivity index is 1.72. The highest BCUT2D eigenvalue weighted by Gasteiger charge is 2.15. The van der Waals surface area contributed by atoms with Crippen LogP contribution in [0.3, 0.4) is 0 Å². The van der Waals surface area contributed by atoms with Crippen LogP contribution in [0.15, 0.2) is 34.1 Å². The number of halogens is 1. The number of hydrogen-bond donors (Lipinski definition) is 1. The Bertz CT molecular complexity index is 547. The second kappa shape index (κ2) is 6.16. The Hall–Kier alpha value is -0.710. The van der Waals surface area contributed by atoms with Gasteiger partial charge in [-0.15, -0.1) is 11.3 Å². The number of hydrogen-bond acceptors (Lipinski definition) is 3. The summed E-state index contributed by atoms with van der Waals surface area (Å²) in [6.45, 7) is 2.32. The first-order valence-electron chi connectivity index (χ1n) is 6.72. The summed E-state index contributed by atoms with van der Waals surface area (Å²) in [6.07, 6.45) is 3.69. The number of nitrogens with zero attached hydrogens (tertiary/aromatic N) is 1. The van der Waals surface area contributed by atoms with E-state index in [1.54, 1.807) is 11.3 Å². The molecule has 3 rings (SSSR count). The fraction of sp³-hybridized carbons (Fsp3) is 0.400. The zero-order valence-electron chi connectivity index (χ0n) is 10.7. The van der Waals surface area contributed by atoms with E-state index >= 15 is 0 Å². The van der Waals surface area contributed by atoms with Crippen LogP contribution in [0.5, 0.6) is 0 Å². The minimum absolute atomic E-state index is 0.804. The standard InChI is InChI=1S/C15H17BrN2S/c16-13-3-1-2-12(9-13)15-18-14(10-19-15)8-11-4-6-17-7-5-11/h1-3,9-11,17H,4-8H2. The van der Waals surface area contributed by atoms with E-state index in [0.717, 1.165) is 34.9 Å². The van der Waals surface area contributed by atoms with Crippen LogP contribution >= 0.6 is 27.3 Å². The zero-order valence-corrected chi connectivity index (χ0v) is 13.1. The highest BCUT2D eigenvalue weighted by atomic mass is 79.9. The number of nitrogens with one attached hydrogen (secondary N) is 1. The maximum absolute atomic E-state index is 4.79. The second-order valence-corrected chi connectivity index (χ2v) is 6.83. The SMILES string of the molecule is Brc1cccc(-c2nc(CC3CCNCC3)cs2)c1. The van der Waals surface area contributed by atoms with Crippen molar-refractivity contribution in [2.45, 2.75) is 19.3 Å². The molecule has 100 valence electrons. The highest BCUT2D eigenvalue weighted by Crippen LogP contribution is 2.28. The molecule has 2 heterocycles. The van der Waals surface area contributed by atoms with E-state index < -0.39 is 0 Å². The van der Waals surface area contributed by atoms with E-state index in [1.807, 2.05) is 6.07 Å². The van der Waals surface area contributed by atoms with Crippen molar-refractivity contribution in [3.63, 3.8) is 0 Å². The summed E-state index contributed by atoms with van der Waals surface area (Å²) in [6, 6.07) is 8.37. The summed E-state index contributed by atoms with van der Waals surface area (Å²) in [5.41, 5.74) is 2.46. The molecule has 1 fully saturated rings. The Kier molecular flexibility index (Phi) is 4.31. The summed E-state index contributed by atoms with van der Waals surface area (Å²) in [7, 11) is 0. The molecule has 1 aliphatic heterocycles. The van der Waals surface area contributed by atoms with Crippen LogP contribution in [0.25, 0.3) is 10.6 Å². The van der Waals surface area contributed by atoms with Gasteiger partial charge in [0.05, 0.1) is 5.69 Å². The molecule has 0 bridgehead atoms. The lowest BCUT2D eigenvalue weighted by Gasteiger charge is -2.21. The van der Waals surface area contributed by atoms with Crippen molar-refractivity contribution in [2.24, 2.45) is 5.92 Å². The van der Waals surface area contributed by atoms with Gasteiger partial charge in [0.2, 0.25) is 0 Å². The van der Waals surface area contributed by atoms with Gasteiger partial charge in [0, 0.05) is 15.4 Å². The zero-order chi connectivity index (χ0) is 13.1. The van der Waals surface area contributed by atoms with Gasteiger partial charge in [-0.05, 0) is 50.4 Å². The molecule has 0 saturated carbocycles. The van der Waals surface area contributed by atoms with Crippen LogP contribution in [0.4, 0.5) is 0 Å². The molecule has 0 aliphatic carbocycles. The molecule has 1 aliphatic rings. The summed E-state index contributed by atoms with van der Waals surface area (Å²) in [4.78, 5) is 4.79. The lowest BCUT2D eigenvalue weighted by Crippen LogP contribution is -2.28. The van der Waals surface area contributed by atoms with Crippen molar-refractivity contribution in [1.82, 2.24) is 10.3 Å². The van der Waals surface area contributed by atoms with Gasteiger partial charge >= 0.3 is 0 Å². The van der Waals surface area contributed by atoms with Gasteiger partial charge in [-0.2, -0.15) is 0 Å². The minimum Gasteiger partial charge on any atom is -0.317 e. The second-order valence-electron chi connectivity index (χ2n) is 5.05. The largest absolute Gasteiger partial charge is 0.317 e. The van der Waals surface area contributed by atoms with Crippen LogP contribution < -0.4 is 5.32 Å². The first-order valence-corrected chi connectivity index (χ1v) is 8.39. The van der Waals surface area contributed by atoms with Crippen LogP contribution in [-0.4, -0.2) is 18.1 Å². The van der Waals surface area contributed by atoms with Gasteiger partial charge in [-0.25, -0.2) is 4.98 Å². The van der Waals surface area contributed by atoms with Crippen LogP contribution in [-0.2, 0) is 6.42 Å². The Labute approximate surface area is 126 Å². The monoisotopic (exact) mass is 336 g/mol. The number of thiazole rings is 1. The van der Waals surface area contributed by atoms with Gasteiger partial charge < -0.3 is 5.32 Å². The number of benzene rings is 1. The third kappa shape index (κ3) is 3.44. The molecule has 4 heteroatoms. The third-order valence-electron chi connectivity index (χ3n) is 3.58. The molecule has 2 nitrogen and oxygen atoms in total. The maximum Gasteiger partial charge on any atom is 0.123 e. The first kappa shape index (κ1) is 13.3. The summed E-state index contributed by atoms with van der Waals surface area (Å²) in [5, 5.41) is 6.77. The van der Waals surface area contributed by atoms with E-state index in [1.165, 1.54) is 24.1 Å². The molecule has 1 aromatic heterocycles.